The lowest BCUT2D eigenvalue weighted by Crippen LogP contribution is -2.42. The minimum Gasteiger partial charge on any atom is -0.376 e. The van der Waals surface area contributed by atoms with Gasteiger partial charge in [0.15, 0.2) is 5.17 Å². The first kappa shape index (κ1) is 12.8. The van der Waals surface area contributed by atoms with Crippen molar-refractivity contribution in [3.05, 3.63) is 0 Å². The van der Waals surface area contributed by atoms with Crippen LogP contribution in [0.15, 0.2) is 4.99 Å². The van der Waals surface area contributed by atoms with Crippen LogP contribution in [0.4, 0.5) is 0 Å². The summed E-state index contributed by atoms with van der Waals surface area (Å²) in [4.78, 5) is 4.87. The minimum atomic E-state index is 0.452. The van der Waals surface area contributed by atoms with Gasteiger partial charge in [0.05, 0.1) is 18.2 Å². The lowest BCUT2D eigenvalue weighted by atomic mass is 10.0. The van der Waals surface area contributed by atoms with Gasteiger partial charge in [0.2, 0.25) is 0 Å². The molecule has 3 aliphatic rings. The van der Waals surface area contributed by atoms with E-state index in [1.165, 1.54) is 30.2 Å². The van der Waals surface area contributed by atoms with Gasteiger partial charge >= 0.3 is 0 Å². The maximum absolute atomic E-state index is 5.88. The van der Waals surface area contributed by atoms with E-state index in [-0.39, 0.29) is 0 Å². The van der Waals surface area contributed by atoms with E-state index < -0.39 is 0 Å². The van der Waals surface area contributed by atoms with Crippen LogP contribution in [0.25, 0.3) is 0 Å². The predicted octanol–water partition coefficient (Wildman–Crippen LogP) is 2.66. The number of aliphatic imine (C=N–C) groups is 1. The van der Waals surface area contributed by atoms with E-state index in [4.69, 9.17) is 9.73 Å². The molecule has 0 spiro atoms. The Bertz CT molecular complexity index is 328. The number of hydrogen-bond acceptors (Lipinski definition) is 4. The number of amidine groups is 1. The molecule has 0 aromatic carbocycles. The highest BCUT2D eigenvalue weighted by atomic mass is 32.2. The lowest BCUT2D eigenvalue weighted by Gasteiger charge is -2.27. The first-order valence-corrected chi connectivity index (χ1v) is 8.31. The van der Waals surface area contributed by atoms with Gasteiger partial charge < -0.3 is 10.1 Å². The highest BCUT2D eigenvalue weighted by Crippen LogP contribution is 2.39. The second-order valence-corrected chi connectivity index (χ2v) is 7.18. The van der Waals surface area contributed by atoms with Gasteiger partial charge in [0.25, 0.3) is 0 Å². The number of thioether (sulfide) groups is 1. The Balaban J connectivity index is 1.61. The summed E-state index contributed by atoms with van der Waals surface area (Å²) in [6.45, 7) is 5.46. The van der Waals surface area contributed by atoms with Crippen LogP contribution < -0.4 is 5.32 Å². The summed E-state index contributed by atoms with van der Waals surface area (Å²) in [7, 11) is 0. The average molecular weight is 268 g/mol. The van der Waals surface area contributed by atoms with Crippen LogP contribution in [0.2, 0.25) is 0 Å². The molecule has 1 aliphatic carbocycles. The van der Waals surface area contributed by atoms with Gasteiger partial charge in [-0.3, -0.25) is 4.99 Å². The SMILES string of the molecule is CC(C)C1CCSC(NC2CCOC2C2CC2)=N1. The Hall–Kier alpha value is -0.220. The van der Waals surface area contributed by atoms with E-state index in [1.807, 2.05) is 11.8 Å². The molecule has 0 aromatic heterocycles. The molecule has 18 heavy (non-hydrogen) atoms. The van der Waals surface area contributed by atoms with Gasteiger partial charge in [-0.2, -0.15) is 0 Å². The molecule has 1 N–H and O–H groups in total. The zero-order chi connectivity index (χ0) is 12.5. The summed E-state index contributed by atoms with van der Waals surface area (Å²) in [6, 6.07) is 1.02. The normalized spacial score (nSPS) is 36.8. The van der Waals surface area contributed by atoms with Crippen molar-refractivity contribution in [3.63, 3.8) is 0 Å². The van der Waals surface area contributed by atoms with Gasteiger partial charge in [-0.25, -0.2) is 0 Å². The summed E-state index contributed by atoms with van der Waals surface area (Å²) < 4.78 is 5.88. The fourth-order valence-electron chi connectivity index (χ4n) is 2.90. The van der Waals surface area contributed by atoms with Crippen LogP contribution >= 0.6 is 11.8 Å². The molecule has 4 heteroatoms. The first-order chi connectivity index (χ1) is 8.74. The Morgan fingerprint density at radius 3 is 2.83 bits per heavy atom. The van der Waals surface area contributed by atoms with E-state index in [1.54, 1.807) is 0 Å². The molecule has 3 nitrogen and oxygen atoms in total. The average Bonchev–Trinajstić information content (AvgIpc) is 3.11. The van der Waals surface area contributed by atoms with Crippen molar-refractivity contribution in [1.82, 2.24) is 5.32 Å². The van der Waals surface area contributed by atoms with Crippen LogP contribution in [0.3, 0.4) is 0 Å². The van der Waals surface area contributed by atoms with Crippen molar-refractivity contribution in [3.8, 4) is 0 Å². The van der Waals surface area contributed by atoms with Gasteiger partial charge in [-0.15, -0.1) is 0 Å². The van der Waals surface area contributed by atoms with Crippen molar-refractivity contribution < 1.29 is 4.74 Å². The van der Waals surface area contributed by atoms with E-state index in [2.05, 4.69) is 19.2 Å². The van der Waals surface area contributed by atoms with Gasteiger partial charge in [0.1, 0.15) is 0 Å². The Morgan fingerprint density at radius 2 is 2.11 bits per heavy atom. The summed E-state index contributed by atoms with van der Waals surface area (Å²) in [6.07, 6.45) is 5.54. The number of nitrogens with zero attached hydrogens (tertiary/aromatic N) is 1. The summed E-state index contributed by atoms with van der Waals surface area (Å²) in [5.41, 5.74) is 0. The van der Waals surface area contributed by atoms with Crippen LogP contribution in [-0.4, -0.2) is 35.7 Å². The van der Waals surface area contributed by atoms with Crippen LogP contribution in [0.5, 0.6) is 0 Å². The number of rotatable bonds is 3. The molecular formula is C14H24N2OS. The van der Waals surface area contributed by atoms with Crippen LogP contribution in [0.1, 0.15) is 39.5 Å². The second kappa shape index (κ2) is 5.41. The fourth-order valence-corrected chi connectivity index (χ4v) is 3.90. The highest BCUT2D eigenvalue weighted by Gasteiger charge is 2.41. The molecule has 1 saturated carbocycles. The van der Waals surface area contributed by atoms with Crippen LogP contribution in [-0.2, 0) is 4.74 Å². The minimum absolute atomic E-state index is 0.452. The second-order valence-electron chi connectivity index (χ2n) is 6.10. The number of nitrogens with one attached hydrogen (secondary N) is 1. The molecule has 102 valence electrons. The third-order valence-electron chi connectivity index (χ3n) is 4.24. The van der Waals surface area contributed by atoms with E-state index in [0.29, 0.717) is 24.1 Å². The van der Waals surface area contributed by atoms with Gasteiger partial charge in [0, 0.05) is 12.4 Å². The molecule has 1 saturated heterocycles. The maximum Gasteiger partial charge on any atom is 0.157 e. The van der Waals surface area contributed by atoms with Crippen molar-refractivity contribution in [2.24, 2.45) is 16.8 Å². The molecule has 0 radical (unpaired) electrons. The molecule has 2 aliphatic heterocycles. The molecular weight excluding hydrogens is 244 g/mol. The summed E-state index contributed by atoms with van der Waals surface area (Å²) in [5.74, 6) is 2.68. The monoisotopic (exact) mass is 268 g/mol. The standard InChI is InChI=1S/C14H24N2OS/c1-9(2)11-6-8-18-14(15-11)16-12-5-7-17-13(12)10-3-4-10/h9-13H,3-8H2,1-2H3,(H,15,16). The number of hydrogen-bond donors (Lipinski definition) is 1. The zero-order valence-corrected chi connectivity index (χ0v) is 12.2. The van der Waals surface area contributed by atoms with Crippen molar-refractivity contribution in [2.45, 2.75) is 57.7 Å². The molecule has 0 bridgehead atoms. The van der Waals surface area contributed by atoms with Gasteiger partial charge in [-0.05, 0) is 37.5 Å². The highest BCUT2D eigenvalue weighted by molar-refractivity contribution is 8.13. The first-order valence-electron chi connectivity index (χ1n) is 7.33. The number of ether oxygens (including phenoxy) is 1. The smallest absolute Gasteiger partial charge is 0.157 e. The molecule has 2 heterocycles. The van der Waals surface area contributed by atoms with Crippen molar-refractivity contribution >= 4 is 16.9 Å². The Morgan fingerprint density at radius 1 is 1.28 bits per heavy atom. The van der Waals surface area contributed by atoms with Crippen molar-refractivity contribution in [1.29, 1.82) is 0 Å². The van der Waals surface area contributed by atoms with E-state index in [0.717, 1.165) is 18.9 Å². The summed E-state index contributed by atoms with van der Waals surface area (Å²) >= 11 is 1.89. The molecule has 0 amide bonds. The molecule has 3 unspecified atom stereocenters. The van der Waals surface area contributed by atoms with Crippen LogP contribution in [0, 0.1) is 11.8 Å². The van der Waals surface area contributed by atoms with Crippen molar-refractivity contribution in [2.75, 3.05) is 12.4 Å². The zero-order valence-electron chi connectivity index (χ0n) is 11.4. The molecule has 0 aromatic rings. The third-order valence-corrected chi connectivity index (χ3v) is 5.17. The topological polar surface area (TPSA) is 33.6 Å². The molecule has 2 fully saturated rings. The predicted molar refractivity (Wildman–Crippen MR) is 77.1 cm³/mol. The van der Waals surface area contributed by atoms with E-state index >= 15 is 0 Å². The fraction of sp³-hybridized carbons (Fsp3) is 0.929. The lowest BCUT2D eigenvalue weighted by molar-refractivity contribution is 0.0844. The third kappa shape index (κ3) is 2.85. The maximum atomic E-state index is 5.88. The quantitative estimate of drug-likeness (QED) is 0.854. The Labute approximate surface area is 114 Å². The molecule has 3 atom stereocenters. The largest absolute Gasteiger partial charge is 0.376 e. The van der Waals surface area contributed by atoms with E-state index in [9.17, 15) is 0 Å². The Kier molecular flexibility index (Phi) is 3.85. The van der Waals surface area contributed by atoms with Gasteiger partial charge in [-0.1, -0.05) is 25.6 Å². The summed E-state index contributed by atoms with van der Waals surface area (Å²) in [5, 5.41) is 4.83. The molecule has 3 rings (SSSR count).